The monoisotopic (exact) mass is 353 g/mol. The third kappa shape index (κ3) is 3.45. The van der Waals surface area contributed by atoms with Crippen LogP contribution in [0.2, 0.25) is 0 Å². The molecule has 1 heterocycles. The zero-order valence-corrected chi connectivity index (χ0v) is 15.1. The molecular formula is C23H25F2N. The van der Waals surface area contributed by atoms with Crippen molar-refractivity contribution >= 4 is 0 Å². The van der Waals surface area contributed by atoms with Crippen molar-refractivity contribution in [2.24, 2.45) is 5.92 Å². The summed E-state index contributed by atoms with van der Waals surface area (Å²) in [5.74, 6) is -0.251. The first-order chi connectivity index (χ1) is 12.6. The van der Waals surface area contributed by atoms with E-state index < -0.39 is 11.6 Å². The number of nitrogens with zero attached hydrogens (tertiary/aromatic N) is 1. The van der Waals surface area contributed by atoms with Crippen LogP contribution in [0.5, 0.6) is 0 Å². The Morgan fingerprint density at radius 1 is 0.962 bits per heavy atom. The highest BCUT2D eigenvalue weighted by atomic mass is 19.1. The second kappa shape index (κ2) is 7.32. The van der Waals surface area contributed by atoms with Crippen LogP contribution in [0.1, 0.15) is 37.2 Å². The molecule has 0 spiro atoms. The lowest BCUT2D eigenvalue weighted by molar-refractivity contribution is 0.244. The topological polar surface area (TPSA) is 3.24 Å². The van der Waals surface area contributed by atoms with E-state index in [0.717, 1.165) is 31.6 Å². The molecule has 2 atom stereocenters. The largest absolute Gasteiger partial charge is 0.299 e. The van der Waals surface area contributed by atoms with E-state index in [0.29, 0.717) is 17.4 Å². The molecule has 136 valence electrons. The van der Waals surface area contributed by atoms with Gasteiger partial charge in [-0.3, -0.25) is 4.90 Å². The molecule has 3 heteroatoms. The van der Waals surface area contributed by atoms with Gasteiger partial charge in [0.15, 0.2) is 0 Å². The second-order valence-electron chi connectivity index (χ2n) is 7.63. The summed E-state index contributed by atoms with van der Waals surface area (Å²) in [5.41, 5.74) is 3.08. The molecule has 2 fully saturated rings. The molecule has 1 aliphatic carbocycles. The standard InChI is InChI=1S/C23H25F2N/c1-16(15-26-12-5-2-6-13-26)19-14-20(19)17-8-3-4-9-18(17)23-21(24)10-7-11-22(23)25/h3-4,7-11,19-20H,1-2,5-6,12-15H2. The molecule has 0 radical (unpaired) electrons. The van der Waals surface area contributed by atoms with Gasteiger partial charge in [-0.2, -0.15) is 0 Å². The number of hydrogen-bond acceptors (Lipinski definition) is 1. The van der Waals surface area contributed by atoms with Crippen molar-refractivity contribution in [2.45, 2.75) is 31.6 Å². The van der Waals surface area contributed by atoms with Crippen molar-refractivity contribution in [1.82, 2.24) is 4.90 Å². The van der Waals surface area contributed by atoms with Crippen molar-refractivity contribution in [3.8, 4) is 11.1 Å². The normalized spacial score (nSPS) is 23.0. The first kappa shape index (κ1) is 17.4. The molecule has 1 aliphatic heterocycles. The number of likely N-dealkylation sites (tertiary alicyclic amines) is 1. The van der Waals surface area contributed by atoms with E-state index >= 15 is 0 Å². The summed E-state index contributed by atoms with van der Waals surface area (Å²) in [6, 6.07) is 11.7. The maximum atomic E-state index is 14.3. The smallest absolute Gasteiger partial charge is 0.133 e. The van der Waals surface area contributed by atoms with Gasteiger partial charge in [-0.1, -0.05) is 48.9 Å². The van der Waals surface area contributed by atoms with E-state index in [1.807, 2.05) is 24.3 Å². The van der Waals surface area contributed by atoms with E-state index in [1.54, 1.807) is 0 Å². The van der Waals surface area contributed by atoms with Crippen LogP contribution in [-0.4, -0.2) is 24.5 Å². The Morgan fingerprint density at radius 3 is 2.38 bits per heavy atom. The molecule has 2 aliphatic rings. The molecule has 4 rings (SSSR count). The van der Waals surface area contributed by atoms with Crippen molar-refractivity contribution < 1.29 is 8.78 Å². The van der Waals surface area contributed by atoms with Crippen molar-refractivity contribution in [2.75, 3.05) is 19.6 Å². The van der Waals surface area contributed by atoms with Crippen LogP contribution in [0.25, 0.3) is 11.1 Å². The molecule has 1 saturated carbocycles. The van der Waals surface area contributed by atoms with Gasteiger partial charge in [0.25, 0.3) is 0 Å². The van der Waals surface area contributed by atoms with Gasteiger partial charge in [0.1, 0.15) is 11.6 Å². The molecule has 2 aromatic rings. The summed E-state index contributed by atoms with van der Waals surface area (Å²) in [7, 11) is 0. The van der Waals surface area contributed by atoms with Crippen LogP contribution in [0, 0.1) is 17.6 Å². The summed E-state index contributed by atoms with van der Waals surface area (Å²) in [5, 5.41) is 0. The fraction of sp³-hybridized carbons (Fsp3) is 0.391. The zero-order valence-electron chi connectivity index (χ0n) is 15.1. The molecule has 0 amide bonds. The fourth-order valence-electron chi connectivity index (χ4n) is 4.32. The Bertz CT molecular complexity index is 787. The van der Waals surface area contributed by atoms with Gasteiger partial charge in [-0.05, 0) is 67.4 Å². The number of benzene rings is 2. The first-order valence-electron chi connectivity index (χ1n) is 9.58. The minimum absolute atomic E-state index is 0.0930. The van der Waals surface area contributed by atoms with Gasteiger partial charge in [0, 0.05) is 6.54 Å². The van der Waals surface area contributed by atoms with E-state index in [9.17, 15) is 8.78 Å². The minimum Gasteiger partial charge on any atom is -0.299 e. The van der Waals surface area contributed by atoms with Gasteiger partial charge >= 0.3 is 0 Å². The Labute approximate surface area is 154 Å². The summed E-state index contributed by atoms with van der Waals surface area (Å²) in [4.78, 5) is 2.49. The quantitative estimate of drug-likeness (QED) is 0.616. The highest BCUT2D eigenvalue weighted by Crippen LogP contribution is 2.54. The van der Waals surface area contributed by atoms with Gasteiger partial charge in [0.2, 0.25) is 0 Å². The lowest BCUT2D eigenvalue weighted by Gasteiger charge is -2.27. The summed E-state index contributed by atoms with van der Waals surface area (Å²) in [6.45, 7) is 7.61. The van der Waals surface area contributed by atoms with Crippen LogP contribution in [0.15, 0.2) is 54.6 Å². The average Bonchev–Trinajstić information content (AvgIpc) is 3.44. The van der Waals surface area contributed by atoms with Crippen molar-refractivity contribution in [1.29, 1.82) is 0 Å². The highest BCUT2D eigenvalue weighted by molar-refractivity contribution is 5.70. The zero-order chi connectivity index (χ0) is 18.1. The number of halogens is 2. The predicted molar refractivity (Wildman–Crippen MR) is 102 cm³/mol. The molecule has 0 N–H and O–H groups in total. The molecule has 0 bridgehead atoms. The average molecular weight is 353 g/mol. The number of piperidine rings is 1. The molecule has 26 heavy (non-hydrogen) atoms. The van der Waals surface area contributed by atoms with Crippen LogP contribution in [0.4, 0.5) is 8.78 Å². The van der Waals surface area contributed by atoms with Crippen LogP contribution >= 0.6 is 0 Å². The Morgan fingerprint density at radius 2 is 1.65 bits per heavy atom. The Hall–Kier alpha value is -2.00. The van der Waals surface area contributed by atoms with Crippen LogP contribution < -0.4 is 0 Å². The summed E-state index contributed by atoms with van der Waals surface area (Å²) < 4.78 is 28.6. The molecule has 1 nitrogen and oxygen atoms in total. The molecule has 1 saturated heterocycles. The minimum atomic E-state index is -0.498. The summed E-state index contributed by atoms with van der Waals surface area (Å²) in [6.07, 6.45) is 4.91. The van der Waals surface area contributed by atoms with Gasteiger partial charge in [0.05, 0.1) is 5.56 Å². The molecule has 0 aromatic heterocycles. The third-order valence-electron chi connectivity index (χ3n) is 5.78. The fourth-order valence-corrected chi connectivity index (χ4v) is 4.32. The first-order valence-corrected chi connectivity index (χ1v) is 9.58. The van der Waals surface area contributed by atoms with E-state index in [-0.39, 0.29) is 5.56 Å². The van der Waals surface area contributed by atoms with Crippen LogP contribution in [-0.2, 0) is 0 Å². The van der Waals surface area contributed by atoms with Gasteiger partial charge in [-0.25, -0.2) is 8.78 Å². The van der Waals surface area contributed by atoms with Gasteiger partial charge in [-0.15, -0.1) is 0 Å². The maximum absolute atomic E-state index is 14.3. The lowest BCUT2D eigenvalue weighted by atomic mass is 9.94. The number of hydrogen-bond donors (Lipinski definition) is 0. The Balaban J connectivity index is 1.54. The maximum Gasteiger partial charge on any atom is 0.133 e. The van der Waals surface area contributed by atoms with E-state index in [2.05, 4.69) is 11.5 Å². The van der Waals surface area contributed by atoms with E-state index in [4.69, 9.17) is 0 Å². The highest BCUT2D eigenvalue weighted by Gasteiger charge is 2.41. The summed E-state index contributed by atoms with van der Waals surface area (Å²) >= 11 is 0. The predicted octanol–water partition coefficient (Wildman–Crippen LogP) is 5.78. The Kier molecular flexibility index (Phi) is 4.90. The third-order valence-corrected chi connectivity index (χ3v) is 5.78. The molecular weight excluding hydrogens is 328 g/mol. The lowest BCUT2D eigenvalue weighted by Crippen LogP contribution is -2.31. The van der Waals surface area contributed by atoms with Gasteiger partial charge < -0.3 is 0 Å². The van der Waals surface area contributed by atoms with Crippen molar-refractivity contribution in [3.05, 3.63) is 71.8 Å². The molecule has 2 aromatic carbocycles. The second-order valence-corrected chi connectivity index (χ2v) is 7.63. The van der Waals surface area contributed by atoms with Crippen LogP contribution in [0.3, 0.4) is 0 Å². The van der Waals surface area contributed by atoms with E-state index in [1.165, 1.54) is 43.0 Å². The molecule has 2 unspecified atom stereocenters. The van der Waals surface area contributed by atoms with Crippen molar-refractivity contribution in [3.63, 3.8) is 0 Å². The number of rotatable bonds is 5. The SMILES string of the molecule is C=C(CN1CCCCC1)C1CC1c1ccccc1-c1c(F)cccc1F.